The number of carbonyl (C=O) groups excluding carboxylic acids is 1. The van der Waals surface area contributed by atoms with Crippen molar-refractivity contribution in [3.8, 4) is 0 Å². The summed E-state index contributed by atoms with van der Waals surface area (Å²) in [6.45, 7) is 3.81. The van der Waals surface area contributed by atoms with Gasteiger partial charge >= 0.3 is 0 Å². The Bertz CT molecular complexity index is 428. The molecule has 3 nitrogen and oxygen atoms in total. The minimum absolute atomic E-state index is 0.0259. The molecule has 0 radical (unpaired) electrons. The first kappa shape index (κ1) is 13.6. The SMILES string of the molecule is Cc1cc(Br)ccc1C(=O)NCCC1CCCN1. The zero-order valence-electron chi connectivity index (χ0n) is 10.6. The van der Waals surface area contributed by atoms with E-state index >= 15 is 0 Å². The Hall–Kier alpha value is -0.870. The number of nitrogens with one attached hydrogen (secondary N) is 2. The second kappa shape index (κ2) is 6.34. The Kier molecular flexibility index (Phi) is 4.78. The topological polar surface area (TPSA) is 41.1 Å². The van der Waals surface area contributed by atoms with Crippen molar-refractivity contribution in [2.45, 2.75) is 32.2 Å². The fourth-order valence-corrected chi connectivity index (χ4v) is 2.82. The number of benzene rings is 1. The highest BCUT2D eigenvalue weighted by atomic mass is 79.9. The average molecular weight is 311 g/mol. The van der Waals surface area contributed by atoms with E-state index in [-0.39, 0.29) is 5.91 Å². The maximum Gasteiger partial charge on any atom is 0.251 e. The van der Waals surface area contributed by atoms with Gasteiger partial charge in [0.2, 0.25) is 0 Å². The van der Waals surface area contributed by atoms with E-state index in [1.54, 1.807) is 0 Å². The third-order valence-electron chi connectivity index (χ3n) is 3.37. The van der Waals surface area contributed by atoms with Crippen molar-refractivity contribution in [1.82, 2.24) is 10.6 Å². The molecule has 98 valence electrons. The fourth-order valence-electron chi connectivity index (χ4n) is 2.34. The van der Waals surface area contributed by atoms with Gasteiger partial charge in [-0.25, -0.2) is 0 Å². The average Bonchev–Trinajstić information content (AvgIpc) is 2.81. The summed E-state index contributed by atoms with van der Waals surface area (Å²) in [7, 11) is 0. The number of amides is 1. The van der Waals surface area contributed by atoms with Gasteiger partial charge in [0.25, 0.3) is 5.91 Å². The van der Waals surface area contributed by atoms with Crippen LogP contribution in [-0.4, -0.2) is 25.0 Å². The quantitative estimate of drug-likeness (QED) is 0.897. The smallest absolute Gasteiger partial charge is 0.251 e. The monoisotopic (exact) mass is 310 g/mol. The highest BCUT2D eigenvalue weighted by molar-refractivity contribution is 9.10. The molecule has 0 spiro atoms. The molecule has 2 rings (SSSR count). The Labute approximate surface area is 116 Å². The van der Waals surface area contributed by atoms with Gasteiger partial charge < -0.3 is 10.6 Å². The third kappa shape index (κ3) is 3.56. The van der Waals surface area contributed by atoms with Gasteiger partial charge in [-0.1, -0.05) is 15.9 Å². The number of rotatable bonds is 4. The van der Waals surface area contributed by atoms with Crippen LogP contribution >= 0.6 is 15.9 Å². The van der Waals surface area contributed by atoms with Gasteiger partial charge in [0.15, 0.2) is 0 Å². The molecule has 1 heterocycles. The Morgan fingerprint density at radius 3 is 3.06 bits per heavy atom. The molecule has 1 fully saturated rings. The summed E-state index contributed by atoms with van der Waals surface area (Å²) in [5, 5.41) is 6.42. The molecular formula is C14H19BrN2O. The maximum atomic E-state index is 12.0. The molecule has 1 aliphatic rings. The van der Waals surface area contributed by atoms with E-state index in [9.17, 15) is 4.79 Å². The van der Waals surface area contributed by atoms with Gasteiger partial charge in [0, 0.05) is 22.6 Å². The largest absolute Gasteiger partial charge is 0.352 e. The molecule has 2 N–H and O–H groups in total. The van der Waals surface area contributed by atoms with Gasteiger partial charge in [0.1, 0.15) is 0 Å². The highest BCUT2D eigenvalue weighted by Crippen LogP contribution is 2.15. The molecule has 0 saturated carbocycles. The molecule has 1 atom stereocenters. The summed E-state index contributed by atoms with van der Waals surface area (Å²) in [4.78, 5) is 12.0. The first-order chi connectivity index (χ1) is 8.66. The van der Waals surface area contributed by atoms with Gasteiger partial charge in [-0.15, -0.1) is 0 Å². The number of hydrogen-bond acceptors (Lipinski definition) is 2. The van der Waals surface area contributed by atoms with E-state index in [1.807, 2.05) is 25.1 Å². The zero-order chi connectivity index (χ0) is 13.0. The van der Waals surface area contributed by atoms with Crippen molar-refractivity contribution in [3.05, 3.63) is 33.8 Å². The Morgan fingerprint density at radius 1 is 1.56 bits per heavy atom. The minimum Gasteiger partial charge on any atom is -0.352 e. The molecule has 1 aromatic rings. The molecule has 4 heteroatoms. The lowest BCUT2D eigenvalue weighted by Gasteiger charge is -2.11. The molecule has 0 aliphatic carbocycles. The normalized spacial score (nSPS) is 18.9. The molecular weight excluding hydrogens is 292 g/mol. The van der Waals surface area contributed by atoms with Crippen LogP contribution in [0.15, 0.2) is 22.7 Å². The number of hydrogen-bond donors (Lipinski definition) is 2. The van der Waals surface area contributed by atoms with E-state index in [0.717, 1.165) is 35.1 Å². The van der Waals surface area contributed by atoms with Crippen LogP contribution in [0.2, 0.25) is 0 Å². The summed E-state index contributed by atoms with van der Waals surface area (Å²) < 4.78 is 1.01. The molecule has 1 aromatic carbocycles. The maximum absolute atomic E-state index is 12.0. The standard InChI is InChI=1S/C14H19BrN2O/c1-10-9-11(15)4-5-13(10)14(18)17-8-6-12-3-2-7-16-12/h4-5,9,12,16H,2-3,6-8H2,1H3,(H,17,18). The van der Waals surface area contributed by atoms with Crippen LogP contribution < -0.4 is 10.6 Å². The summed E-state index contributed by atoms with van der Waals surface area (Å²) in [6, 6.07) is 6.31. The van der Waals surface area contributed by atoms with E-state index in [2.05, 4.69) is 26.6 Å². The van der Waals surface area contributed by atoms with Crippen LogP contribution in [0.4, 0.5) is 0 Å². The van der Waals surface area contributed by atoms with Crippen LogP contribution in [0.1, 0.15) is 35.2 Å². The van der Waals surface area contributed by atoms with Crippen molar-refractivity contribution < 1.29 is 4.79 Å². The number of halogens is 1. The highest BCUT2D eigenvalue weighted by Gasteiger charge is 2.14. The predicted octanol–water partition coefficient (Wildman–Crippen LogP) is 2.63. The molecule has 1 amide bonds. The summed E-state index contributed by atoms with van der Waals surface area (Å²) in [5.74, 6) is 0.0259. The molecule has 1 aliphatic heterocycles. The number of carbonyl (C=O) groups is 1. The van der Waals surface area contributed by atoms with Crippen LogP contribution in [0.5, 0.6) is 0 Å². The van der Waals surface area contributed by atoms with E-state index < -0.39 is 0 Å². The van der Waals surface area contributed by atoms with Crippen LogP contribution in [0, 0.1) is 6.92 Å². The van der Waals surface area contributed by atoms with E-state index in [0.29, 0.717) is 6.04 Å². The van der Waals surface area contributed by atoms with Crippen molar-refractivity contribution in [1.29, 1.82) is 0 Å². The molecule has 1 unspecified atom stereocenters. The first-order valence-corrected chi connectivity index (χ1v) is 7.24. The van der Waals surface area contributed by atoms with Gasteiger partial charge in [-0.05, 0) is 56.5 Å². The van der Waals surface area contributed by atoms with E-state index in [1.165, 1.54) is 12.8 Å². The lowest BCUT2D eigenvalue weighted by molar-refractivity contribution is 0.0951. The fraction of sp³-hybridized carbons (Fsp3) is 0.500. The third-order valence-corrected chi connectivity index (χ3v) is 3.87. The molecule has 18 heavy (non-hydrogen) atoms. The summed E-state index contributed by atoms with van der Waals surface area (Å²) in [6.07, 6.45) is 3.50. The zero-order valence-corrected chi connectivity index (χ0v) is 12.2. The minimum atomic E-state index is 0.0259. The second-order valence-corrected chi connectivity index (χ2v) is 5.71. The van der Waals surface area contributed by atoms with Crippen LogP contribution in [0.3, 0.4) is 0 Å². The van der Waals surface area contributed by atoms with Crippen LogP contribution in [-0.2, 0) is 0 Å². The molecule has 1 saturated heterocycles. The lowest BCUT2D eigenvalue weighted by Crippen LogP contribution is -2.30. The van der Waals surface area contributed by atoms with Gasteiger partial charge in [-0.2, -0.15) is 0 Å². The second-order valence-electron chi connectivity index (χ2n) is 4.80. The summed E-state index contributed by atoms with van der Waals surface area (Å²) >= 11 is 3.40. The first-order valence-electron chi connectivity index (χ1n) is 6.44. The van der Waals surface area contributed by atoms with Crippen molar-refractivity contribution >= 4 is 21.8 Å². The molecule has 0 aromatic heterocycles. The summed E-state index contributed by atoms with van der Waals surface area (Å²) in [5.41, 5.74) is 1.76. The van der Waals surface area contributed by atoms with E-state index in [4.69, 9.17) is 0 Å². The Balaban J connectivity index is 1.83. The van der Waals surface area contributed by atoms with Crippen molar-refractivity contribution in [2.75, 3.05) is 13.1 Å². The van der Waals surface area contributed by atoms with Gasteiger partial charge in [-0.3, -0.25) is 4.79 Å². The van der Waals surface area contributed by atoms with Crippen molar-refractivity contribution in [2.24, 2.45) is 0 Å². The predicted molar refractivity (Wildman–Crippen MR) is 76.9 cm³/mol. The number of aryl methyl sites for hydroxylation is 1. The van der Waals surface area contributed by atoms with Crippen molar-refractivity contribution in [3.63, 3.8) is 0 Å². The lowest BCUT2D eigenvalue weighted by atomic mass is 10.1. The molecule has 0 bridgehead atoms. The van der Waals surface area contributed by atoms with Gasteiger partial charge in [0.05, 0.1) is 0 Å². The Morgan fingerprint density at radius 2 is 2.39 bits per heavy atom. The van der Waals surface area contributed by atoms with Crippen LogP contribution in [0.25, 0.3) is 0 Å².